The monoisotopic (exact) mass is 358 g/mol. The number of esters is 1. The van der Waals surface area contributed by atoms with E-state index in [1.807, 2.05) is 20.8 Å². The molecule has 0 radical (unpaired) electrons. The topological polar surface area (TPSA) is 81.9 Å². The molecule has 1 aliphatic heterocycles. The first-order chi connectivity index (χ1) is 11.2. The van der Waals surface area contributed by atoms with Gasteiger partial charge in [0.15, 0.2) is 12.0 Å². The van der Waals surface area contributed by atoms with Gasteiger partial charge in [0.1, 0.15) is 5.60 Å². The average molecular weight is 359 g/mol. The number of amides is 1. The molecule has 0 N–H and O–H groups in total. The van der Waals surface area contributed by atoms with Crippen LogP contribution in [0, 0.1) is 6.92 Å². The second kappa shape index (κ2) is 7.42. The number of rotatable bonds is 3. The number of ether oxygens (including phenoxy) is 2. The summed E-state index contributed by atoms with van der Waals surface area (Å²) in [7, 11) is 0. The molecule has 1 aromatic rings. The van der Waals surface area contributed by atoms with Crippen LogP contribution in [0.3, 0.4) is 0 Å². The zero-order chi connectivity index (χ0) is 17.9. The molecule has 1 fully saturated rings. The first kappa shape index (κ1) is 18.6. The first-order valence-electron chi connectivity index (χ1n) is 7.89. The normalized spacial score (nSPS) is 16.1. The maximum Gasteiger partial charge on any atom is 0.410 e. The van der Waals surface area contributed by atoms with Crippen LogP contribution in [0.15, 0.2) is 4.42 Å². The van der Waals surface area contributed by atoms with Crippen molar-refractivity contribution in [2.45, 2.75) is 52.1 Å². The van der Waals surface area contributed by atoms with Gasteiger partial charge in [0.05, 0.1) is 5.69 Å². The lowest BCUT2D eigenvalue weighted by Gasteiger charge is -2.32. The van der Waals surface area contributed by atoms with Crippen LogP contribution in [0.5, 0.6) is 0 Å². The molecule has 1 aliphatic rings. The number of halogens is 1. The van der Waals surface area contributed by atoms with Gasteiger partial charge < -0.3 is 18.8 Å². The summed E-state index contributed by atoms with van der Waals surface area (Å²) in [5, 5.41) is 0. The Kier molecular flexibility index (Phi) is 5.74. The molecule has 1 amide bonds. The largest absolute Gasteiger partial charge is 0.444 e. The number of nitrogens with zero attached hydrogens (tertiary/aromatic N) is 2. The smallest absolute Gasteiger partial charge is 0.410 e. The zero-order valence-electron chi connectivity index (χ0n) is 14.4. The number of aryl methyl sites for hydroxylation is 1. The summed E-state index contributed by atoms with van der Waals surface area (Å²) >= 11 is 5.39. The lowest BCUT2D eigenvalue weighted by atomic mass is 9.97. The molecule has 0 atom stereocenters. The lowest BCUT2D eigenvalue weighted by molar-refractivity contribution is 0.0199. The van der Waals surface area contributed by atoms with E-state index in [-0.39, 0.29) is 23.8 Å². The SMILES string of the molecule is Cc1nc(C2CCN(C(=O)OC(C)(C)C)CC2)oc1C(=O)OCCl. The Balaban J connectivity index is 1.96. The molecule has 0 bridgehead atoms. The van der Waals surface area contributed by atoms with Gasteiger partial charge in [0.2, 0.25) is 5.76 Å². The summed E-state index contributed by atoms with van der Waals surface area (Å²) < 4.78 is 15.7. The Morgan fingerprint density at radius 1 is 1.33 bits per heavy atom. The van der Waals surface area contributed by atoms with Gasteiger partial charge in [-0.3, -0.25) is 0 Å². The minimum atomic E-state index is -0.618. The molecule has 0 aliphatic carbocycles. The zero-order valence-corrected chi connectivity index (χ0v) is 15.2. The predicted molar refractivity (Wildman–Crippen MR) is 87.2 cm³/mol. The second-order valence-electron chi connectivity index (χ2n) is 6.75. The Bertz CT molecular complexity index is 600. The van der Waals surface area contributed by atoms with Gasteiger partial charge in [0.25, 0.3) is 0 Å². The molecular weight excluding hydrogens is 336 g/mol. The fraction of sp³-hybridized carbons (Fsp3) is 0.688. The highest BCUT2D eigenvalue weighted by atomic mass is 35.5. The van der Waals surface area contributed by atoms with E-state index < -0.39 is 11.6 Å². The van der Waals surface area contributed by atoms with Crippen molar-refractivity contribution in [1.82, 2.24) is 9.88 Å². The summed E-state index contributed by atoms with van der Waals surface area (Å²) in [6.07, 6.45) is 1.09. The van der Waals surface area contributed by atoms with E-state index in [9.17, 15) is 9.59 Å². The summed E-state index contributed by atoms with van der Waals surface area (Å²) in [5.41, 5.74) is -0.0274. The average Bonchev–Trinajstić information content (AvgIpc) is 2.88. The highest BCUT2D eigenvalue weighted by Gasteiger charge is 2.31. The van der Waals surface area contributed by atoms with Crippen LogP contribution < -0.4 is 0 Å². The number of alkyl halides is 1. The maximum absolute atomic E-state index is 12.1. The Labute approximate surface area is 146 Å². The fourth-order valence-electron chi connectivity index (χ4n) is 2.53. The molecule has 0 unspecified atom stereocenters. The van der Waals surface area contributed by atoms with Crippen molar-refractivity contribution in [2.75, 3.05) is 19.2 Å². The van der Waals surface area contributed by atoms with Gasteiger partial charge in [-0.2, -0.15) is 0 Å². The van der Waals surface area contributed by atoms with Crippen molar-refractivity contribution < 1.29 is 23.5 Å². The number of piperidine rings is 1. The van der Waals surface area contributed by atoms with Crippen molar-refractivity contribution in [1.29, 1.82) is 0 Å². The molecule has 0 spiro atoms. The third-order valence-electron chi connectivity index (χ3n) is 3.68. The van der Waals surface area contributed by atoms with E-state index in [0.717, 1.165) is 0 Å². The molecule has 0 saturated carbocycles. The van der Waals surface area contributed by atoms with Crippen LogP contribution >= 0.6 is 11.6 Å². The van der Waals surface area contributed by atoms with Gasteiger partial charge in [-0.15, -0.1) is 0 Å². The number of likely N-dealkylation sites (tertiary alicyclic amines) is 1. The number of hydrogen-bond donors (Lipinski definition) is 0. The Morgan fingerprint density at radius 3 is 2.50 bits per heavy atom. The van der Waals surface area contributed by atoms with E-state index in [1.54, 1.807) is 11.8 Å². The van der Waals surface area contributed by atoms with Gasteiger partial charge in [-0.25, -0.2) is 14.6 Å². The predicted octanol–water partition coefficient (Wildman–Crippen LogP) is 3.45. The van der Waals surface area contributed by atoms with Crippen LogP contribution in [-0.4, -0.2) is 46.7 Å². The lowest BCUT2D eigenvalue weighted by Crippen LogP contribution is -2.41. The number of oxazole rings is 1. The van der Waals surface area contributed by atoms with Crippen LogP contribution in [0.1, 0.15) is 61.7 Å². The van der Waals surface area contributed by atoms with Crippen LogP contribution in [0.2, 0.25) is 0 Å². The highest BCUT2D eigenvalue weighted by Crippen LogP contribution is 2.29. The van der Waals surface area contributed by atoms with E-state index in [0.29, 0.717) is 37.5 Å². The molecule has 2 heterocycles. The van der Waals surface area contributed by atoms with Gasteiger partial charge in [-0.05, 0) is 40.5 Å². The van der Waals surface area contributed by atoms with Crippen molar-refractivity contribution >= 4 is 23.7 Å². The van der Waals surface area contributed by atoms with E-state index in [2.05, 4.69) is 4.98 Å². The Hall–Kier alpha value is -1.76. The molecule has 0 aromatic carbocycles. The van der Waals surface area contributed by atoms with Crippen LogP contribution in [-0.2, 0) is 9.47 Å². The summed E-state index contributed by atoms with van der Waals surface area (Å²) in [4.78, 5) is 29.8. The van der Waals surface area contributed by atoms with Gasteiger partial charge in [0, 0.05) is 19.0 Å². The van der Waals surface area contributed by atoms with Gasteiger partial charge in [-0.1, -0.05) is 11.6 Å². The Morgan fingerprint density at radius 2 is 1.96 bits per heavy atom. The van der Waals surface area contributed by atoms with Crippen molar-refractivity contribution in [3.05, 3.63) is 17.3 Å². The van der Waals surface area contributed by atoms with E-state index >= 15 is 0 Å². The van der Waals surface area contributed by atoms with E-state index in [4.69, 9.17) is 25.5 Å². The number of carbonyl (C=O) groups is 2. The van der Waals surface area contributed by atoms with Crippen LogP contribution in [0.4, 0.5) is 4.79 Å². The third kappa shape index (κ3) is 4.63. The van der Waals surface area contributed by atoms with Crippen LogP contribution in [0.25, 0.3) is 0 Å². The fourth-order valence-corrected chi connectivity index (χ4v) is 2.63. The molecule has 7 nitrogen and oxygen atoms in total. The molecule has 2 rings (SSSR count). The summed E-state index contributed by atoms with van der Waals surface area (Å²) in [6.45, 7) is 8.33. The van der Waals surface area contributed by atoms with E-state index in [1.165, 1.54) is 0 Å². The standard InChI is InChI=1S/C16H23ClN2O5/c1-10-12(14(20)22-9-17)23-13(18-10)11-5-7-19(8-6-11)15(21)24-16(2,3)4/h11H,5-9H2,1-4H3. The minimum absolute atomic E-state index is 0.0555. The molecule has 1 aromatic heterocycles. The minimum Gasteiger partial charge on any atom is -0.444 e. The first-order valence-corrected chi connectivity index (χ1v) is 8.43. The number of hydrogen-bond acceptors (Lipinski definition) is 6. The van der Waals surface area contributed by atoms with Crippen molar-refractivity contribution in [3.8, 4) is 0 Å². The quantitative estimate of drug-likeness (QED) is 0.608. The third-order valence-corrected chi connectivity index (χ3v) is 3.79. The van der Waals surface area contributed by atoms with Gasteiger partial charge >= 0.3 is 12.1 Å². The van der Waals surface area contributed by atoms with Crippen molar-refractivity contribution in [3.63, 3.8) is 0 Å². The molecule has 24 heavy (non-hydrogen) atoms. The van der Waals surface area contributed by atoms with Crippen molar-refractivity contribution in [2.24, 2.45) is 0 Å². The highest BCUT2D eigenvalue weighted by molar-refractivity contribution is 6.17. The molecule has 134 valence electrons. The second-order valence-corrected chi connectivity index (χ2v) is 6.97. The molecule has 1 saturated heterocycles. The number of aromatic nitrogens is 1. The molecule has 8 heteroatoms. The summed E-state index contributed by atoms with van der Waals surface area (Å²) in [6, 6.07) is -0.234. The summed E-state index contributed by atoms with van der Waals surface area (Å²) in [5.74, 6) is 0.0189. The number of carbonyl (C=O) groups excluding carboxylic acids is 2. The molecular formula is C16H23ClN2O5. The maximum atomic E-state index is 12.1.